The van der Waals surface area contributed by atoms with E-state index in [0.29, 0.717) is 5.75 Å². The van der Waals surface area contributed by atoms with Crippen LogP contribution in [-0.2, 0) is 26.2 Å². The molecule has 0 spiro atoms. The monoisotopic (exact) mass is 655 g/mol. The minimum atomic E-state index is -4.20. The Morgan fingerprint density at radius 3 is 2.31 bits per heavy atom. The first-order valence-electron chi connectivity index (χ1n) is 14.1. The van der Waals surface area contributed by atoms with Crippen LogP contribution in [0.5, 0.6) is 5.75 Å². The molecule has 2 amide bonds. The van der Waals surface area contributed by atoms with Crippen molar-refractivity contribution in [2.45, 2.75) is 70.0 Å². The third-order valence-corrected chi connectivity index (χ3v) is 9.87. The molecule has 42 heavy (non-hydrogen) atoms. The van der Waals surface area contributed by atoms with E-state index in [1.165, 1.54) is 24.1 Å². The topological polar surface area (TPSA) is 96.0 Å². The molecule has 1 fully saturated rings. The lowest BCUT2D eigenvalue weighted by atomic mass is 10.1. The van der Waals surface area contributed by atoms with Crippen molar-refractivity contribution >= 4 is 43.5 Å². The van der Waals surface area contributed by atoms with Gasteiger partial charge in [0.1, 0.15) is 18.3 Å². The number of methoxy groups -OCH3 is 1. The Labute approximate surface area is 257 Å². The Hall–Kier alpha value is -3.37. The molecule has 0 bridgehead atoms. The highest BCUT2D eigenvalue weighted by Gasteiger charge is 2.34. The average molecular weight is 657 g/mol. The van der Waals surface area contributed by atoms with Crippen LogP contribution in [0.2, 0.25) is 0 Å². The number of sulfonamides is 1. The molecular weight excluding hydrogens is 618 g/mol. The lowest BCUT2D eigenvalue weighted by Gasteiger charge is -2.33. The number of benzene rings is 3. The molecule has 0 saturated heterocycles. The first-order chi connectivity index (χ1) is 20.0. The number of amides is 2. The number of anilines is 1. The number of carbonyl (C=O) groups is 2. The number of hydrogen-bond acceptors (Lipinski definition) is 5. The Kier molecular flexibility index (Phi) is 10.3. The smallest absolute Gasteiger partial charge is 0.264 e. The number of rotatable bonds is 11. The van der Waals surface area contributed by atoms with Gasteiger partial charge in [0.15, 0.2) is 0 Å². The summed E-state index contributed by atoms with van der Waals surface area (Å²) in [5.41, 5.74) is 2.76. The lowest BCUT2D eigenvalue weighted by molar-refractivity contribution is -0.139. The van der Waals surface area contributed by atoms with Crippen LogP contribution in [-0.4, -0.2) is 50.9 Å². The van der Waals surface area contributed by atoms with Crippen LogP contribution in [0.25, 0.3) is 0 Å². The zero-order valence-corrected chi connectivity index (χ0v) is 26.9. The summed E-state index contributed by atoms with van der Waals surface area (Å²) in [6.07, 6.45) is 3.94. The molecule has 10 heteroatoms. The average Bonchev–Trinajstić information content (AvgIpc) is 3.47. The van der Waals surface area contributed by atoms with Gasteiger partial charge in [-0.1, -0.05) is 64.7 Å². The lowest BCUT2D eigenvalue weighted by Crippen LogP contribution is -2.52. The van der Waals surface area contributed by atoms with E-state index in [9.17, 15) is 18.0 Å². The summed E-state index contributed by atoms with van der Waals surface area (Å²) in [5, 5.41) is 3.09. The standard InChI is InChI=1S/C32H38BrN3O5S/c1-22-12-15-28(16-13-22)42(39,40)36(29-18-23(2)14-17-30(29)41-4)21-31(37)35(20-25-8-7-9-26(33)19-25)24(3)32(38)34-27-10-5-6-11-27/h7-9,12-19,24,27H,5-6,10-11,20-21H2,1-4H3,(H,34,38)/t24-/m0/s1. The van der Waals surface area contributed by atoms with Gasteiger partial charge in [0.2, 0.25) is 11.8 Å². The van der Waals surface area contributed by atoms with Gasteiger partial charge in [-0.3, -0.25) is 13.9 Å². The summed E-state index contributed by atoms with van der Waals surface area (Å²) in [5.74, 6) is -0.454. The zero-order chi connectivity index (χ0) is 30.4. The van der Waals surface area contributed by atoms with Crippen LogP contribution >= 0.6 is 15.9 Å². The molecule has 0 radical (unpaired) electrons. The predicted octanol–water partition coefficient (Wildman–Crippen LogP) is 5.75. The van der Waals surface area contributed by atoms with Gasteiger partial charge < -0.3 is 15.0 Å². The molecule has 224 valence electrons. The van der Waals surface area contributed by atoms with Crippen molar-refractivity contribution in [1.82, 2.24) is 10.2 Å². The van der Waals surface area contributed by atoms with E-state index in [-0.39, 0.29) is 29.1 Å². The molecule has 0 unspecified atom stereocenters. The Balaban J connectivity index is 1.74. The summed E-state index contributed by atoms with van der Waals surface area (Å²) in [7, 11) is -2.74. The summed E-state index contributed by atoms with van der Waals surface area (Å²) >= 11 is 3.48. The van der Waals surface area contributed by atoms with Crippen molar-refractivity contribution in [1.29, 1.82) is 0 Å². The molecule has 0 heterocycles. The first-order valence-corrected chi connectivity index (χ1v) is 16.3. The largest absolute Gasteiger partial charge is 0.495 e. The molecule has 8 nitrogen and oxygen atoms in total. The summed E-state index contributed by atoms with van der Waals surface area (Å²) in [6.45, 7) is 5.01. The summed E-state index contributed by atoms with van der Waals surface area (Å²) in [4.78, 5) is 29.1. The number of hydrogen-bond donors (Lipinski definition) is 1. The molecule has 3 aromatic carbocycles. The van der Waals surface area contributed by atoms with Gasteiger partial charge in [-0.2, -0.15) is 0 Å². The number of nitrogens with one attached hydrogen (secondary N) is 1. The van der Waals surface area contributed by atoms with Gasteiger partial charge in [-0.15, -0.1) is 0 Å². The quantitative estimate of drug-likeness (QED) is 0.284. The van der Waals surface area contributed by atoms with Gasteiger partial charge in [0, 0.05) is 17.1 Å². The van der Waals surface area contributed by atoms with Gasteiger partial charge in [-0.05, 0) is 81.1 Å². The van der Waals surface area contributed by atoms with E-state index in [2.05, 4.69) is 21.2 Å². The highest BCUT2D eigenvalue weighted by atomic mass is 79.9. The fraction of sp³-hybridized carbons (Fsp3) is 0.375. The van der Waals surface area contributed by atoms with Crippen molar-refractivity contribution in [2.75, 3.05) is 18.0 Å². The highest BCUT2D eigenvalue weighted by Crippen LogP contribution is 2.34. The second-order valence-electron chi connectivity index (χ2n) is 10.8. The van der Waals surface area contributed by atoms with Crippen LogP contribution in [0.4, 0.5) is 5.69 Å². The van der Waals surface area contributed by atoms with Crippen molar-refractivity contribution in [3.05, 3.63) is 87.9 Å². The van der Waals surface area contributed by atoms with E-state index in [1.54, 1.807) is 31.2 Å². The Bertz CT molecular complexity index is 1520. The number of aryl methyl sites for hydroxylation is 2. The molecular formula is C32H38BrN3O5S. The first kappa shape index (κ1) is 31.6. The molecule has 4 rings (SSSR count). The van der Waals surface area contributed by atoms with Crippen LogP contribution in [0.1, 0.15) is 49.3 Å². The molecule has 1 N–H and O–H groups in total. The molecule has 0 aliphatic heterocycles. The molecule has 3 aromatic rings. The number of halogens is 1. The SMILES string of the molecule is COc1ccc(C)cc1N(CC(=O)N(Cc1cccc(Br)c1)[C@@H](C)C(=O)NC1CCCC1)S(=O)(=O)c1ccc(C)cc1. The van der Waals surface area contributed by atoms with E-state index in [0.717, 1.165) is 51.2 Å². The van der Waals surface area contributed by atoms with Crippen molar-refractivity contribution in [3.63, 3.8) is 0 Å². The van der Waals surface area contributed by atoms with E-state index >= 15 is 0 Å². The molecule has 1 aliphatic carbocycles. The predicted molar refractivity (Wildman–Crippen MR) is 168 cm³/mol. The van der Waals surface area contributed by atoms with Crippen molar-refractivity contribution in [2.24, 2.45) is 0 Å². The second kappa shape index (κ2) is 13.7. The van der Waals surface area contributed by atoms with Crippen LogP contribution < -0.4 is 14.4 Å². The second-order valence-corrected chi connectivity index (χ2v) is 13.6. The summed E-state index contributed by atoms with van der Waals surface area (Å²) < 4.78 is 35.7. The van der Waals surface area contributed by atoms with Crippen molar-refractivity contribution in [3.8, 4) is 5.75 Å². The molecule has 1 aliphatic rings. The minimum Gasteiger partial charge on any atom is -0.495 e. The molecule has 0 aromatic heterocycles. The number of ether oxygens (including phenoxy) is 1. The van der Waals surface area contributed by atoms with Crippen LogP contribution in [0.3, 0.4) is 0 Å². The van der Waals surface area contributed by atoms with Crippen LogP contribution in [0, 0.1) is 13.8 Å². The Morgan fingerprint density at radius 1 is 1.00 bits per heavy atom. The van der Waals surface area contributed by atoms with Gasteiger partial charge in [0.05, 0.1) is 17.7 Å². The fourth-order valence-corrected chi connectivity index (χ4v) is 7.02. The normalized spacial score (nSPS) is 14.3. The number of carbonyl (C=O) groups excluding carboxylic acids is 2. The van der Waals surface area contributed by atoms with E-state index < -0.39 is 28.5 Å². The van der Waals surface area contributed by atoms with E-state index in [4.69, 9.17) is 4.74 Å². The summed E-state index contributed by atoms with van der Waals surface area (Å²) in [6, 6.07) is 18.4. The van der Waals surface area contributed by atoms with Crippen molar-refractivity contribution < 1.29 is 22.7 Å². The highest BCUT2D eigenvalue weighted by molar-refractivity contribution is 9.10. The maximum atomic E-state index is 14.2. The van der Waals surface area contributed by atoms with Crippen LogP contribution in [0.15, 0.2) is 76.1 Å². The zero-order valence-electron chi connectivity index (χ0n) is 24.5. The van der Waals surface area contributed by atoms with Gasteiger partial charge >= 0.3 is 0 Å². The fourth-order valence-electron chi connectivity index (χ4n) is 5.15. The van der Waals surface area contributed by atoms with E-state index in [1.807, 2.05) is 44.2 Å². The third kappa shape index (κ3) is 7.52. The van der Waals surface area contributed by atoms with Gasteiger partial charge in [-0.25, -0.2) is 8.42 Å². The maximum absolute atomic E-state index is 14.2. The minimum absolute atomic E-state index is 0.0509. The molecule has 1 saturated carbocycles. The third-order valence-electron chi connectivity index (χ3n) is 7.60. The maximum Gasteiger partial charge on any atom is 0.264 e. The van der Waals surface area contributed by atoms with Gasteiger partial charge in [0.25, 0.3) is 10.0 Å². The molecule has 1 atom stereocenters. The Morgan fingerprint density at radius 2 is 1.67 bits per heavy atom. The number of nitrogens with zero attached hydrogens (tertiary/aromatic N) is 2.